The number of aromatic nitrogens is 3. The van der Waals surface area contributed by atoms with Crippen molar-refractivity contribution in [3.05, 3.63) is 41.7 Å². The van der Waals surface area contributed by atoms with Gasteiger partial charge in [0.25, 0.3) is 5.91 Å². The number of hydrogen-bond donors (Lipinski definition) is 1. The Labute approximate surface area is 171 Å². The number of piperidine rings is 1. The molecule has 1 aliphatic rings. The normalized spacial score (nSPS) is 16.7. The summed E-state index contributed by atoms with van der Waals surface area (Å²) in [6, 6.07) is 7.86. The molecule has 2 aromatic rings. The standard InChI is InChI=1S/C21H29N5O3/c1-15(2)22-21(28)18-14-26(24-23-18)17-8-6-12-25(13-17)20(27)11-10-16-7-4-5-9-19(16)29-3/h4-5,7,9,14-15,17H,6,8,10-13H2,1-3H3,(H,22,28)/t17-/m0/s1. The summed E-state index contributed by atoms with van der Waals surface area (Å²) in [4.78, 5) is 26.7. The van der Waals surface area contributed by atoms with Gasteiger partial charge in [0.1, 0.15) is 5.75 Å². The zero-order valence-electron chi connectivity index (χ0n) is 17.3. The fourth-order valence-electron chi connectivity index (χ4n) is 3.60. The number of hydrogen-bond acceptors (Lipinski definition) is 5. The highest BCUT2D eigenvalue weighted by Gasteiger charge is 2.26. The number of rotatable bonds is 7. The Morgan fingerprint density at radius 2 is 2.10 bits per heavy atom. The lowest BCUT2D eigenvalue weighted by Crippen LogP contribution is -2.41. The Morgan fingerprint density at radius 3 is 2.86 bits per heavy atom. The molecule has 1 N–H and O–H groups in total. The van der Waals surface area contributed by atoms with Crippen LogP contribution >= 0.6 is 0 Å². The van der Waals surface area contributed by atoms with Crippen LogP contribution in [-0.4, -0.2) is 57.9 Å². The van der Waals surface area contributed by atoms with Gasteiger partial charge in [0.15, 0.2) is 5.69 Å². The molecule has 1 aliphatic heterocycles. The predicted octanol–water partition coefficient (Wildman–Crippen LogP) is 2.22. The van der Waals surface area contributed by atoms with Crippen LogP contribution in [0.4, 0.5) is 0 Å². The van der Waals surface area contributed by atoms with Crippen molar-refractivity contribution >= 4 is 11.8 Å². The topological polar surface area (TPSA) is 89.4 Å². The van der Waals surface area contributed by atoms with Crippen LogP contribution in [0.3, 0.4) is 0 Å². The molecule has 1 aromatic carbocycles. The lowest BCUT2D eigenvalue weighted by Gasteiger charge is -2.32. The highest BCUT2D eigenvalue weighted by atomic mass is 16.5. The second-order valence-electron chi connectivity index (χ2n) is 7.66. The molecule has 2 amide bonds. The molecule has 1 aromatic heterocycles. The molecule has 8 heteroatoms. The van der Waals surface area contributed by atoms with Crippen molar-refractivity contribution in [3.63, 3.8) is 0 Å². The molecular weight excluding hydrogens is 370 g/mol. The van der Waals surface area contributed by atoms with Crippen molar-refractivity contribution in [1.29, 1.82) is 0 Å². The van der Waals surface area contributed by atoms with Crippen LogP contribution in [0.2, 0.25) is 0 Å². The van der Waals surface area contributed by atoms with Gasteiger partial charge in [0.05, 0.1) is 19.3 Å². The fraction of sp³-hybridized carbons (Fsp3) is 0.524. The molecule has 1 fully saturated rings. The molecule has 3 rings (SSSR count). The van der Waals surface area contributed by atoms with E-state index in [1.54, 1.807) is 18.0 Å². The molecule has 8 nitrogen and oxygen atoms in total. The number of aryl methyl sites for hydroxylation is 1. The van der Waals surface area contributed by atoms with Crippen molar-refractivity contribution in [2.45, 2.75) is 51.6 Å². The third-order valence-corrected chi connectivity index (χ3v) is 5.09. The molecule has 156 valence electrons. The van der Waals surface area contributed by atoms with E-state index in [9.17, 15) is 9.59 Å². The van der Waals surface area contributed by atoms with Crippen molar-refractivity contribution in [2.75, 3.05) is 20.2 Å². The molecule has 0 saturated carbocycles. The number of amides is 2. The maximum Gasteiger partial charge on any atom is 0.273 e. The zero-order valence-corrected chi connectivity index (χ0v) is 17.3. The third-order valence-electron chi connectivity index (χ3n) is 5.09. The molecule has 0 radical (unpaired) electrons. The van der Waals surface area contributed by atoms with Crippen molar-refractivity contribution in [3.8, 4) is 5.75 Å². The first kappa shape index (κ1) is 20.8. The number of methoxy groups -OCH3 is 1. The second-order valence-corrected chi connectivity index (χ2v) is 7.66. The van der Waals surface area contributed by atoms with Gasteiger partial charge in [-0.25, -0.2) is 4.68 Å². The Kier molecular flexibility index (Phi) is 6.85. The van der Waals surface area contributed by atoms with Crippen molar-refractivity contribution in [1.82, 2.24) is 25.2 Å². The largest absolute Gasteiger partial charge is 0.496 e. The monoisotopic (exact) mass is 399 g/mol. The third kappa shape index (κ3) is 5.34. The minimum absolute atomic E-state index is 0.0343. The molecule has 2 heterocycles. The van der Waals surface area contributed by atoms with E-state index in [0.717, 1.165) is 30.7 Å². The van der Waals surface area contributed by atoms with Gasteiger partial charge in [-0.3, -0.25) is 9.59 Å². The summed E-state index contributed by atoms with van der Waals surface area (Å²) in [6.45, 7) is 5.13. The zero-order chi connectivity index (χ0) is 20.8. The Balaban J connectivity index is 1.58. The Morgan fingerprint density at radius 1 is 1.31 bits per heavy atom. The van der Waals surface area contributed by atoms with E-state index in [0.29, 0.717) is 25.1 Å². The highest BCUT2D eigenvalue weighted by molar-refractivity contribution is 5.92. The lowest BCUT2D eigenvalue weighted by molar-refractivity contribution is -0.132. The summed E-state index contributed by atoms with van der Waals surface area (Å²) >= 11 is 0. The van der Waals surface area contributed by atoms with Gasteiger partial charge in [0, 0.05) is 25.6 Å². The number of carbonyl (C=O) groups is 2. The summed E-state index contributed by atoms with van der Waals surface area (Å²) in [7, 11) is 1.64. The molecule has 0 aliphatic carbocycles. The average Bonchev–Trinajstić information content (AvgIpc) is 3.22. The maximum atomic E-state index is 12.8. The van der Waals surface area contributed by atoms with Gasteiger partial charge in [0.2, 0.25) is 5.91 Å². The minimum atomic E-state index is -0.230. The predicted molar refractivity (Wildman–Crippen MR) is 109 cm³/mol. The minimum Gasteiger partial charge on any atom is -0.496 e. The Hall–Kier alpha value is -2.90. The molecule has 29 heavy (non-hydrogen) atoms. The van der Waals surface area contributed by atoms with Gasteiger partial charge >= 0.3 is 0 Å². The summed E-state index contributed by atoms with van der Waals surface area (Å²) in [5.41, 5.74) is 1.34. The van der Waals surface area contributed by atoms with E-state index >= 15 is 0 Å². The van der Waals surface area contributed by atoms with Crippen LogP contribution < -0.4 is 10.1 Å². The Bertz CT molecular complexity index is 848. The van der Waals surface area contributed by atoms with E-state index < -0.39 is 0 Å². The van der Waals surface area contributed by atoms with E-state index in [4.69, 9.17) is 4.74 Å². The number of nitrogens with one attached hydrogen (secondary N) is 1. The molecular formula is C21H29N5O3. The van der Waals surface area contributed by atoms with E-state index in [1.165, 1.54) is 0 Å². The van der Waals surface area contributed by atoms with Gasteiger partial charge < -0.3 is 15.0 Å². The summed E-state index contributed by atoms with van der Waals surface area (Å²) in [6.07, 6.45) is 4.56. The molecule has 1 atom stereocenters. The maximum absolute atomic E-state index is 12.8. The van der Waals surface area contributed by atoms with E-state index in [1.807, 2.05) is 43.0 Å². The van der Waals surface area contributed by atoms with Crippen LogP contribution in [0, 0.1) is 0 Å². The van der Waals surface area contributed by atoms with E-state index in [2.05, 4.69) is 15.6 Å². The summed E-state index contributed by atoms with van der Waals surface area (Å²) in [5, 5.41) is 10.9. The smallest absolute Gasteiger partial charge is 0.273 e. The lowest BCUT2D eigenvalue weighted by atomic mass is 10.0. The van der Waals surface area contributed by atoms with Crippen LogP contribution in [0.15, 0.2) is 30.5 Å². The van der Waals surface area contributed by atoms with E-state index in [-0.39, 0.29) is 23.9 Å². The molecule has 0 spiro atoms. The highest BCUT2D eigenvalue weighted by Crippen LogP contribution is 2.23. The first-order valence-corrected chi connectivity index (χ1v) is 10.1. The first-order valence-electron chi connectivity index (χ1n) is 10.1. The number of para-hydroxylation sites is 1. The van der Waals surface area contributed by atoms with Crippen molar-refractivity contribution in [2.24, 2.45) is 0 Å². The van der Waals surface area contributed by atoms with Crippen LogP contribution in [0.1, 0.15) is 55.2 Å². The van der Waals surface area contributed by atoms with Crippen molar-refractivity contribution < 1.29 is 14.3 Å². The number of nitrogens with zero attached hydrogens (tertiary/aromatic N) is 4. The van der Waals surface area contributed by atoms with Crippen LogP contribution in [-0.2, 0) is 11.2 Å². The van der Waals surface area contributed by atoms with Gasteiger partial charge in [-0.15, -0.1) is 5.10 Å². The number of likely N-dealkylation sites (tertiary alicyclic amines) is 1. The first-order chi connectivity index (χ1) is 14.0. The fourth-order valence-corrected chi connectivity index (χ4v) is 3.60. The molecule has 0 bridgehead atoms. The number of ether oxygens (including phenoxy) is 1. The molecule has 1 saturated heterocycles. The number of benzene rings is 1. The number of carbonyl (C=O) groups excluding carboxylic acids is 2. The average molecular weight is 399 g/mol. The second kappa shape index (κ2) is 9.54. The van der Waals surface area contributed by atoms with Crippen LogP contribution in [0.5, 0.6) is 5.75 Å². The van der Waals surface area contributed by atoms with Gasteiger partial charge in [-0.2, -0.15) is 0 Å². The van der Waals surface area contributed by atoms with Gasteiger partial charge in [-0.05, 0) is 44.7 Å². The van der Waals surface area contributed by atoms with Crippen LogP contribution in [0.25, 0.3) is 0 Å². The summed E-state index contributed by atoms with van der Waals surface area (Å²) < 4.78 is 7.08. The quantitative estimate of drug-likeness (QED) is 0.771. The van der Waals surface area contributed by atoms with Gasteiger partial charge in [-0.1, -0.05) is 23.4 Å². The summed E-state index contributed by atoms with van der Waals surface area (Å²) in [5.74, 6) is 0.705. The molecule has 0 unspecified atom stereocenters. The SMILES string of the molecule is COc1ccccc1CCC(=O)N1CCC[C@H](n2cc(C(=O)NC(C)C)nn2)C1.